The van der Waals surface area contributed by atoms with Crippen molar-refractivity contribution in [2.75, 3.05) is 13.2 Å². The lowest BCUT2D eigenvalue weighted by molar-refractivity contribution is 0.0448. The molecule has 0 radical (unpaired) electrons. The number of ether oxygens (including phenoxy) is 1. The third-order valence-electron chi connectivity index (χ3n) is 1.80. The lowest BCUT2D eigenvalue weighted by atomic mass is 10.2. The summed E-state index contributed by atoms with van der Waals surface area (Å²) in [5.41, 5.74) is 5.43. The van der Waals surface area contributed by atoms with Gasteiger partial charge in [-0.25, -0.2) is 0 Å². The van der Waals surface area contributed by atoms with Crippen molar-refractivity contribution in [2.24, 2.45) is 5.73 Å². The molecular weight excluding hydrogens is 138 g/mol. The topological polar surface area (TPSA) is 35.2 Å². The van der Waals surface area contributed by atoms with E-state index >= 15 is 0 Å². The zero-order chi connectivity index (χ0) is 8.53. The zero-order valence-electron chi connectivity index (χ0n) is 7.81. The first-order valence-corrected chi connectivity index (χ1v) is 4.66. The second kappa shape index (κ2) is 8.02. The van der Waals surface area contributed by atoms with Crippen molar-refractivity contribution in [1.82, 2.24) is 0 Å². The molecule has 0 aromatic rings. The molecular formula is C9H21NO. The van der Waals surface area contributed by atoms with Crippen molar-refractivity contribution in [2.45, 2.75) is 45.6 Å². The lowest BCUT2D eigenvalue weighted by Crippen LogP contribution is -2.17. The molecule has 0 rings (SSSR count). The van der Waals surface area contributed by atoms with Crippen molar-refractivity contribution in [3.8, 4) is 0 Å². The van der Waals surface area contributed by atoms with Crippen LogP contribution >= 0.6 is 0 Å². The van der Waals surface area contributed by atoms with Crippen LogP contribution in [0.2, 0.25) is 0 Å². The third kappa shape index (κ3) is 6.32. The van der Waals surface area contributed by atoms with E-state index in [0.29, 0.717) is 6.10 Å². The maximum absolute atomic E-state index is 5.59. The van der Waals surface area contributed by atoms with Gasteiger partial charge < -0.3 is 10.5 Å². The predicted molar refractivity (Wildman–Crippen MR) is 48.6 cm³/mol. The molecule has 1 unspecified atom stereocenters. The fourth-order valence-corrected chi connectivity index (χ4v) is 0.986. The second-order valence-corrected chi connectivity index (χ2v) is 2.83. The van der Waals surface area contributed by atoms with E-state index < -0.39 is 0 Å². The van der Waals surface area contributed by atoms with Crippen LogP contribution in [-0.4, -0.2) is 19.3 Å². The Bertz CT molecular complexity index is 76.0. The Labute approximate surface area is 70.1 Å². The molecule has 0 spiro atoms. The number of hydrogen-bond acceptors (Lipinski definition) is 2. The van der Waals surface area contributed by atoms with Gasteiger partial charge in [-0.05, 0) is 25.8 Å². The molecule has 1 atom stereocenters. The predicted octanol–water partition coefficient (Wildman–Crippen LogP) is 1.93. The zero-order valence-corrected chi connectivity index (χ0v) is 7.81. The highest BCUT2D eigenvalue weighted by atomic mass is 16.5. The summed E-state index contributed by atoms with van der Waals surface area (Å²) in [5.74, 6) is 0. The molecule has 0 aliphatic rings. The summed E-state index contributed by atoms with van der Waals surface area (Å²) in [7, 11) is 0. The summed E-state index contributed by atoms with van der Waals surface area (Å²) in [6.45, 7) is 5.96. The van der Waals surface area contributed by atoms with Gasteiger partial charge in [-0.15, -0.1) is 0 Å². The van der Waals surface area contributed by atoms with E-state index in [1.54, 1.807) is 0 Å². The normalized spacial score (nSPS) is 13.4. The summed E-state index contributed by atoms with van der Waals surface area (Å²) < 4.78 is 5.59. The van der Waals surface area contributed by atoms with Gasteiger partial charge in [-0.3, -0.25) is 0 Å². The average Bonchev–Trinajstić information content (AvgIpc) is 2.03. The summed E-state index contributed by atoms with van der Waals surface area (Å²) >= 11 is 0. The molecule has 2 nitrogen and oxygen atoms in total. The van der Waals surface area contributed by atoms with E-state index in [4.69, 9.17) is 10.5 Å². The lowest BCUT2D eigenvalue weighted by Gasteiger charge is -2.14. The Morgan fingerprint density at radius 2 is 2.09 bits per heavy atom. The minimum Gasteiger partial charge on any atom is -0.378 e. The molecule has 0 aromatic heterocycles. The minimum atomic E-state index is 0.395. The van der Waals surface area contributed by atoms with E-state index in [9.17, 15) is 0 Å². The second-order valence-electron chi connectivity index (χ2n) is 2.83. The van der Waals surface area contributed by atoms with E-state index in [0.717, 1.165) is 26.0 Å². The Morgan fingerprint density at radius 1 is 1.36 bits per heavy atom. The van der Waals surface area contributed by atoms with Gasteiger partial charge in [0, 0.05) is 6.61 Å². The van der Waals surface area contributed by atoms with E-state index in [-0.39, 0.29) is 0 Å². The highest BCUT2D eigenvalue weighted by molar-refractivity contribution is 4.55. The Hall–Kier alpha value is -0.0800. The summed E-state index contributed by atoms with van der Waals surface area (Å²) in [6.07, 6.45) is 4.85. The van der Waals surface area contributed by atoms with Crippen LogP contribution in [-0.2, 0) is 4.74 Å². The molecule has 0 fully saturated rings. The number of hydrogen-bond donors (Lipinski definition) is 1. The molecule has 0 aromatic carbocycles. The number of unbranched alkanes of at least 4 members (excludes halogenated alkanes) is 1. The van der Waals surface area contributed by atoms with Gasteiger partial charge in [0.15, 0.2) is 0 Å². The molecule has 0 aliphatic heterocycles. The largest absolute Gasteiger partial charge is 0.378 e. The molecule has 2 heteroatoms. The van der Waals surface area contributed by atoms with Crippen LogP contribution in [0.25, 0.3) is 0 Å². The molecule has 0 heterocycles. The maximum atomic E-state index is 5.59. The summed E-state index contributed by atoms with van der Waals surface area (Å²) in [4.78, 5) is 0. The van der Waals surface area contributed by atoms with E-state index in [1.165, 1.54) is 12.8 Å². The van der Waals surface area contributed by atoms with Crippen molar-refractivity contribution in [1.29, 1.82) is 0 Å². The maximum Gasteiger partial charge on any atom is 0.0584 e. The van der Waals surface area contributed by atoms with E-state index in [1.807, 2.05) is 0 Å². The monoisotopic (exact) mass is 159 g/mol. The van der Waals surface area contributed by atoms with Crippen molar-refractivity contribution < 1.29 is 4.74 Å². The van der Waals surface area contributed by atoms with Crippen LogP contribution in [0.15, 0.2) is 0 Å². The fourth-order valence-electron chi connectivity index (χ4n) is 0.986. The summed E-state index contributed by atoms with van der Waals surface area (Å²) in [5, 5.41) is 0. The molecule has 0 saturated carbocycles. The SMILES string of the molecule is CCCCOC(CC)CCN. The first kappa shape index (κ1) is 10.9. The Kier molecular flexibility index (Phi) is 7.96. The summed E-state index contributed by atoms with van der Waals surface area (Å²) in [6, 6.07) is 0. The van der Waals surface area contributed by atoms with Gasteiger partial charge in [0.05, 0.1) is 6.10 Å². The van der Waals surface area contributed by atoms with Gasteiger partial charge in [-0.2, -0.15) is 0 Å². The fraction of sp³-hybridized carbons (Fsp3) is 1.00. The van der Waals surface area contributed by atoms with Crippen LogP contribution in [0.4, 0.5) is 0 Å². The Balaban J connectivity index is 3.20. The van der Waals surface area contributed by atoms with Gasteiger partial charge in [0.1, 0.15) is 0 Å². The first-order chi connectivity index (χ1) is 5.35. The van der Waals surface area contributed by atoms with Gasteiger partial charge in [0.25, 0.3) is 0 Å². The van der Waals surface area contributed by atoms with Crippen LogP contribution in [0, 0.1) is 0 Å². The Morgan fingerprint density at radius 3 is 2.55 bits per heavy atom. The average molecular weight is 159 g/mol. The van der Waals surface area contributed by atoms with Gasteiger partial charge in [0.2, 0.25) is 0 Å². The van der Waals surface area contributed by atoms with Crippen molar-refractivity contribution in [3.63, 3.8) is 0 Å². The smallest absolute Gasteiger partial charge is 0.0584 e. The van der Waals surface area contributed by atoms with Crippen LogP contribution < -0.4 is 5.73 Å². The number of nitrogens with two attached hydrogens (primary N) is 1. The minimum absolute atomic E-state index is 0.395. The first-order valence-electron chi connectivity index (χ1n) is 4.66. The van der Waals surface area contributed by atoms with Crippen LogP contribution in [0.3, 0.4) is 0 Å². The molecule has 0 aliphatic carbocycles. The molecule has 0 amide bonds. The quantitative estimate of drug-likeness (QED) is 0.576. The van der Waals surface area contributed by atoms with Crippen molar-refractivity contribution in [3.05, 3.63) is 0 Å². The molecule has 2 N–H and O–H groups in total. The highest BCUT2D eigenvalue weighted by Gasteiger charge is 2.03. The van der Waals surface area contributed by atoms with Gasteiger partial charge >= 0.3 is 0 Å². The standard InChI is InChI=1S/C9H21NO/c1-3-5-8-11-9(4-2)6-7-10/h9H,3-8,10H2,1-2H3. The molecule has 11 heavy (non-hydrogen) atoms. The van der Waals surface area contributed by atoms with Crippen LogP contribution in [0.1, 0.15) is 39.5 Å². The van der Waals surface area contributed by atoms with Crippen molar-refractivity contribution >= 4 is 0 Å². The van der Waals surface area contributed by atoms with Crippen LogP contribution in [0.5, 0.6) is 0 Å². The number of rotatable bonds is 7. The highest BCUT2D eigenvalue weighted by Crippen LogP contribution is 2.03. The molecule has 68 valence electrons. The van der Waals surface area contributed by atoms with Gasteiger partial charge in [-0.1, -0.05) is 20.3 Å². The third-order valence-corrected chi connectivity index (χ3v) is 1.80. The molecule has 0 bridgehead atoms. The molecule has 0 saturated heterocycles. The van der Waals surface area contributed by atoms with E-state index in [2.05, 4.69) is 13.8 Å².